The van der Waals surface area contributed by atoms with Crippen LogP contribution < -0.4 is 5.73 Å². The van der Waals surface area contributed by atoms with Gasteiger partial charge in [-0.2, -0.15) is 4.52 Å². The molecular weight excluding hydrogens is 336 g/mol. The lowest BCUT2D eigenvalue weighted by molar-refractivity contribution is 0.271. The van der Waals surface area contributed by atoms with Crippen LogP contribution >= 0.6 is 15.9 Å². The van der Waals surface area contributed by atoms with Gasteiger partial charge in [-0.25, -0.2) is 14.8 Å². The Bertz CT molecular complexity index is 882. The molecule has 0 spiro atoms. The van der Waals surface area contributed by atoms with E-state index in [4.69, 9.17) is 17.4 Å². The van der Waals surface area contributed by atoms with Crippen LogP contribution in [-0.2, 0) is 6.61 Å². The van der Waals surface area contributed by atoms with E-state index in [-0.39, 0.29) is 18.4 Å². The van der Waals surface area contributed by atoms with Crippen molar-refractivity contribution in [2.24, 2.45) is 0 Å². The lowest BCUT2D eigenvalue weighted by Gasteiger charge is -2.07. The van der Waals surface area contributed by atoms with Crippen LogP contribution in [0.1, 0.15) is 5.82 Å². The average Bonchev–Trinajstić information content (AvgIpc) is 2.96. The van der Waals surface area contributed by atoms with Crippen LogP contribution in [-0.4, -0.2) is 24.7 Å². The zero-order chi connectivity index (χ0) is 15.0. The van der Waals surface area contributed by atoms with Crippen molar-refractivity contribution in [2.45, 2.75) is 6.61 Å². The van der Waals surface area contributed by atoms with Gasteiger partial charge in [0, 0.05) is 0 Å². The van der Waals surface area contributed by atoms with Crippen LogP contribution in [0.25, 0.3) is 21.7 Å². The fourth-order valence-corrected chi connectivity index (χ4v) is 2.53. The highest BCUT2D eigenvalue weighted by atomic mass is 79.9. The normalized spacial score (nSPS) is 10.7. The van der Waals surface area contributed by atoms with Crippen LogP contribution in [0, 0.1) is 6.57 Å². The summed E-state index contributed by atoms with van der Waals surface area (Å²) in [6, 6.07) is 7.05. The first-order valence-electron chi connectivity index (χ1n) is 5.93. The summed E-state index contributed by atoms with van der Waals surface area (Å²) in [5, 5.41) is 13.2. The summed E-state index contributed by atoms with van der Waals surface area (Å²) >= 11 is 3.44. The Hall–Kier alpha value is -2.50. The minimum absolute atomic E-state index is 0.156. The Morgan fingerprint density at radius 2 is 2.19 bits per heavy atom. The molecule has 0 saturated carbocycles. The number of aliphatic hydroxyl groups excluding tert-OH is 1. The summed E-state index contributed by atoms with van der Waals surface area (Å²) in [5.74, 6) is 0.417. The fraction of sp³-hybridized carbons (Fsp3) is 0.0769. The second-order valence-electron chi connectivity index (χ2n) is 4.22. The number of hydrogen-bond donors (Lipinski definition) is 2. The van der Waals surface area contributed by atoms with E-state index in [1.165, 1.54) is 4.52 Å². The molecule has 21 heavy (non-hydrogen) atoms. The number of anilines is 1. The maximum atomic E-state index is 9.13. The summed E-state index contributed by atoms with van der Waals surface area (Å²) in [7, 11) is 0. The Morgan fingerprint density at radius 3 is 2.90 bits per heavy atom. The fourth-order valence-electron chi connectivity index (χ4n) is 1.95. The SMILES string of the molecule is [C-]#[N+]c1cccc(-c2nc(N)n3nc(CO)nc3c2Br)c1. The molecule has 2 aromatic heterocycles. The quantitative estimate of drug-likeness (QED) is 0.695. The molecule has 0 fully saturated rings. The van der Waals surface area contributed by atoms with Crippen molar-refractivity contribution in [3.8, 4) is 11.3 Å². The Balaban J connectivity index is 2.28. The molecular formula is C13H9BrN6O. The second kappa shape index (κ2) is 5.12. The van der Waals surface area contributed by atoms with Gasteiger partial charge in [0.25, 0.3) is 0 Å². The number of benzene rings is 1. The largest absolute Gasteiger partial charge is 0.388 e. The van der Waals surface area contributed by atoms with Gasteiger partial charge in [0.2, 0.25) is 5.95 Å². The van der Waals surface area contributed by atoms with Gasteiger partial charge in [0.05, 0.1) is 16.7 Å². The van der Waals surface area contributed by atoms with E-state index < -0.39 is 0 Å². The van der Waals surface area contributed by atoms with Gasteiger partial charge in [-0.1, -0.05) is 18.2 Å². The maximum Gasteiger partial charge on any atom is 0.223 e. The Labute approximate surface area is 128 Å². The first-order chi connectivity index (χ1) is 10.1. The topological polar surface area (TPSA) is 93.7 Å². The zero-order valence-corrected chi connectivity index (χ0v) is 12.2. The first kappa shape index (κ1) is 13.5. The smallest absolute Gasteiger partial charge is 0.223 e. The number of halogens is 1. The van der Waals surface area contributed by atoms with E-state index in [1.54, 1.807) is 18.2 Å². The minimum Gasteiger partial charge on any atom is -0.388 e. The molecule has 0 aliphatic rings. The molecule has 1 aromatic carbocycles. The lowest BCUT2D eigenvalue weighted by atomic mass is 10.1. The number of nitrogens with zero attached hydrogens (tertiary/aromatic N) is 5. The predicted molar refractivity (Wildman–Crippen MR) is 80.5 cm³/mol. The van der Waals surface area contributed by atoms with Gasteiger partial charge in [-0.05, 0) is 27.6 Å². The first-order valence-corrected chi connectivity index (χ1v) is 6.72. The van der Waals surface area contributed by atoms with Crippen molar-refractivity contribution in [3.05, 3.63) is 46.0 Å². The van der Waals surface area contributed by atoms with E-state index in [2.05, 4.69) is 35.8 Å². The molecule has 2 heterocycles. The van der Waals surface area contributed by atoms with Crippen LogP contribution in [0.5, 0.6) is 0 Å². The highest BCUT2D eigenvalue weighted by molar-refractivity contribution is 9.10. The molecule has 0 aliphatic heterocycles. The van der Waals surface area contributed by atoms with Crippen LogP contribution in [0.15, 0.2) is 28.7 Å². The summed E-state index contributed by atoms with van der Waals surface area (Å²) in [4.78, 5) is 11.9. The number of nitrogens with two attached hydrogens (primary N) is 1. The number of aromatic nitrogens is 4. The van der Waals surface area contributed by atoms with E-state index in [0.29, 0.717) is 21.5 Å². The molecule has 0 saturated heterocycles. The van der Waals surface area contributed by atoms with Gasteiger partial charge in [0.15, 0.2) is 17.2 Å². The number of hydrogen-bond acceptors (Lipinski definition) is 5. The average molecular weight is 345 g/mol. The molecule has 0 amide bonds. The third-order valence-electron chi connectivity index (χ3n) is 2.89. The van der Waals surface area contributed by atoms with E-state index in [1.807, 2.05) is 6.07 Å². The molecule has 8 heteroatoms. The van der Waals surface area contributed by atoms with Crippen LogP contribution in [0.2, 0.25) is 0 Å². The summed E-state index contributed by atoms with van der Waals surface area (Å²) in [5.41, 5.74) is 8.19. The third-order valence-corrected chi connectivity index (χ3v) is 3.62. The molecule has 0 atom stereocenters. The lowest BCUT2D eigenvalue weighted by Crippen LogP contribution is -2.04. The molecule has 104 valence electrons. The highest BCUT2D eigenvalue weighted by Crippen LogP contribution is 2.32. The van der Waals surface area contributed by atoms with Gasteiger partial charge in [0.1, 0.15) is 6.61 Å². The molecule has 0 bridgehead atoms. The number of fused-ring (bicyclic) bond motifs is 1. The monoisotopic (exact) mass is 344 g/mol. The Morgan fingerprint density at radius 1 is 1.38 bits per heavy atom. The predicted octanol–water partition coefficient (Wildman–Crippen LogP) is 2.18. The summed E-state index contributed by atoms with van der Waals surface area (Å²) in [6.07, 6.45) is 0. The van der Waals surface area contributed by atoms with E-state index >= 15 is 0 Å². The van der Waals surface area contributed by atoms with Crippen LogP contribution in [0.4, 0.5) is 11.6 Å². The van der Waals surface area contributed by atoms with Gasteiger partial charge in [-0.3, -0.25) is 0 Å². The number of rotatable bonds is 2. The minimum atomic E-state index is -0.282. The van der Waals surface area contributed by atoms with Gasteiger partial charge in [-0.15, -0.1) is 5.10 Å². The molecule has 3 aromatic rings. The van der Waals surface area contributed by atoms with Crippen molar-refractivity contribution in [1.82, 2.24) is 19.6 Å². The molecule has 0 aliphatic carbocycles. The molecule has 3 rings (SSSR count). The summed E-state index contributed by atoms with van der Waals surface area (Å²) in [6.45, 7) is 6.79. The standard InChI is InChI=1S/C13H9BrN6O/c1-16-8-4-2-3-7(5-8)11-10(14)12-17-9(6-21)19-20(12)13(15)18-11/h2-5,21H,6H2,(H2,15,18). The van der Waals surface area contributed by atoms with Crippen molar-refractivity contribution < 1.29 is 5.11 Å². The van der Waals surface area contributed by atoms with E-state index in [0.717, 1.165) is 5.56 Å². The van der Waals surface area contributed by atoms with Gasteiger partial charge >= 0.3 is 0 Å². The molecule has 0 radical (unpaired) electrons. The molecule has 3 N–H and O–H groups in total. The van der Waals surface area contributed by atoms with Crippen molar-refractivity contribution in [3.63, 3.8) is 0 Å². The Kier molecular flexibility index (Phi) is 3.29. The summed E-state index contributed by atoms with van der Waals surface area (Å²) < 4.78 is 1.96. The number of aliphatic hydroxyl groups is 1. The van der Waals surface area contributed by atoms with Gasteiger partial charge < -0.3 is 10.8 Å². The van der Waals surface area contributed by atoms with E-state index in [9.17, 15) is 0 Å². The highest BCUT2D eigenvalue weighted by Gasteiger charge is 2.16. The zero-order valence-electron chi connectivity index (χ0n) is 10.7. The second-order valence-corrected chi connectivity index (χ2v) is 5.01. The maximum absolute atomic E-state index is 9.13. The van der Waals surface area contributed by atoms with Crippen molar-refractivity contribution >= 4 is 33.2 Å². The number of nitrogen functional groups attached to an aromatic ring is 1. The van der Waals surface area contributed by atoms with Crippen LogP contribution in [0.3, 0.4) is 0 Å². The van der Waals surface area contributed by atoms with Crippen molar-refractivity contribution in [2.75, 3.05) is 5.73 Å². The molecule has 0 unspecified atom stereocenters. The molecule has 7 nitrogen and oxygen atoms in total. The third kappa shape index (κ3) is 2.22. The van der Waals surface area contributed by atoms with Crippen molar-refractivity contribution in [1.29, 1.82) is 0 Å².